The van der Waals surface area contributed by atoms with E-state index in [0.29, 0.717) is 6.54 Å². The molecule has 2 N–H and O–H groups in total. The SMILES string of the molecule is CSCCC(C)NC(=O)N(CC(=O)O)CC(C)C. The van der Waals surface area contributed by atoms with Gasteiger partial charge in [-0.25, -0.2) is 4.79 Å². The molecule has 0 bridgehead atoms. The lowest BCUT2D eigenvalue weighted by atomic mass is 10.2. The van der Waals surface area contributed by atoms with Gasteiger partial charge in [-0.1, -0.05) is 13.8 Å². The second-order valence-electron chi connectivity index (χ2n) is 4.80. The van der Waals surface area contributed by atoms with Gasteiger partial charge in [0.05, 0.1) is 0 Å². The zero-order valence-electron chi connectivity index (χ0n) is 11.6. The van der Waals surface area contributed by atoms with Crippen molar-refractivity contribution in [2.75, 3.05) is 25.1 Å². The highest BCUT2D eigenvalue weighted by Gasteiger charge is 2.19. The Morgan fingerprint density at radius 2 is 1.94 bits per heavy atom. The van der Waals surface area contributed by atoms with E-state index in [4.69, 9.17) is 5.11 Å². The van der Waals surface area contributed by atoms with E-state index in [-0.39, 0.29) is 24.5 Å². The minimum absolute atomic E-state index is 0.0633. The van der Waals surface area contributed by atoms with E-state index in [1.54, 1.807) is 11.8 Å². The van der Waals surface area contributed by atoms with Crippen LogP contribution >= 0.6 is 11.8 Å². The van der Waals surface area contributed by atoms with Crippen molar-refractivity contribution in [2.45, 2.75) is 33.2 Å². The number of rotatable bonds is 8. The fourth-order valence-electron chi connectivity index (χ4n) is 1.49. The maximum absolute atomic E-state index is 11.9. The zero-order chi connectivity index (χ0) is 14.1. The van der Waals surface area contributed by atoms with E-state index in [1.807, 2.05) is 27.0 Å². The second-order valence-corrected chi connectivity index (χ2v) is 5.79. The van der Waals surface area contributed by atoms with Gasteiger partial charge in [-0.2, -0.15) is 11.8 Å². The van der Waals surface area contributed by atoms with Crippen LogP contribution in [0.4, 0.5) is 4.79 Å². The van der Waals surface area contributed by atoms with Crippen LogP contribution in [0.3, 0.4) is 0 Å². The van der Waals surface area contributed by atoms with Crippen molar-refractivity contribution in [1.29, 1.82) is 0 Å². The van der Waals surface area contributed by atoms with Crippen LogP contribution in [0.2, 0.25) is 0 Å². The van der Waals surface area contributed by atoms with E-state index in [1.165, 1.54) is 4.90 Å². The van der Waals surface area contributed by atoms with Crippen molar-refractivity contribution >= 4 is 23.8 Å². The minimum Gasteiger partial charge on any atom is -0.480 e. The Balaban J connectivity index is 4.31. The highest BCUT2D eigenvalue weighted by Crippen LogP contribution is 2.03. The number of hydrogen-bond donors (Lipinski definition) is 2. The highest BCUT2D eigenvalue weighted by molar-refractivity contribution is 7.98. The Kier molecular flexibility index (Phi) is 8.62. The van der Waals surface area contributed by atoms with E-state index in [2.05, 4.69) is 5.32 Å². The number of hydrogen-bond acceptors (Lipinski definition) is 3. The van der Waals surface area contributed by atoms with Gasteiger partial charge in [0.2, 0.25) is 0 Å². The topological polar surface area (TPSA) is 69.6 Å². The monoisotopic (exact) mass is 276 g/mol. The summed E-state index contributed by atoms with van der Waals surface area (Å²) in [6, 6.07) is -0.229. The summed E-state index contributed by atoms with van der Waals surface area (Å²) in [4.78, 5) is 24.0. The summed E-state index contributed by atoms with van der Waals surface area (Å²) in [5.41, 5.74) is 0. The van der Waals surface area contributed by atoms with Crippen LogP contribution < -0.4 is 5.32 Å². The smallest absolute Gasteiger partial charge is 0.323 e. The molecule has 18 heavy (non-hydrogen) atoms. The number of carboxylic acid groups (broad SMARTS) is 1. The van der Waals surface area contributed by atoms with E-state index in [0.717, 1.165) is 12.2 Å². The van der Waals surface area contributed by atoms with Crippen molar-refractivity contribution in [2.24, 2.45) is 5.92 Å². The summed E-state index contributed by atoms with van der Waals surface area (Å²) in [5.74, 6) is 0.240. The Labute approximate surface area is 113 Å². The first kappa shape index (κ1) is 17.1. The molecule has 0 aromatic heterocycles. The molecule has 2 amide bonds. The molecule has 0 radical (unpaired) electrons. The number of aliphatic carboxylic acids is 1. The maximum Gasteiger partial charge on any atom is 0.323 e. The predicted octanol–water partition coefficient (Wildman–Crippen LogP) is 1.88. The molecule has 5 nitrogen and oxygen atoms in total. The van der Waals surface area contributed by atoms with Crippen molar-refractivity contribution in [3.05, 3.63) is 0 Å². The Morgan fingerprint density at radius 1 is 1.33 bits per heavy atom. The molecule has 6 heteroatoms. The van der Waals surface area contributed by atoms with Gasteiger partial charge >= 0.3 is 12.0 Å². The van der Waals surface area contributed by atoms with Crippen molar-refractivity contribution in [3.8, 4) is 0 Å². The zero-order valence-corrected chi connectivity index (χ0v) is 12.4. The number of nitrogens with one attached hydrogen (secondary N) is 1. The fraction of sp³-hybridized carbons (Fsp3) is 0.833. The number of carbonyl (C=O) groups excluding carboxylic acids is 1. The van der Waals surface area contributed by atoms with Gasteiger partial charge in [-0.05, 0) is 31.3 Å². The summed E-state index contributed by atoms with van der Waals surface area (Å²) < 4.78 is 0. The normalized spacial score (nSPS) is 12.3. The summed E-state index contributed by atoms with van der Waals surface area (Å²) in [7, 11) is 0. The van der Waals surface area contributed by atoms with Crippen molar-refractivity contribution < 1.29 is 14.7 Å². The number of nitrogens with zero attached hydrogens (tertiary/aromatic N) is 1. The molecule has 0 heterocycles. The van der Waals surface area contributed by atoms with Crippen LogP contribution in [0.1, 0.15) is 27.2 Å². The quantitative estimate of drug-likeness (QED) is 0.710. The van der Waals surface area contributed by atoms with Gasteiger partial charge in [0.25, 0.3) is 0 Å². The third kappa shape index (κ3) is 8.22. The van der Waals surface area contributed by atoms with Gasteiger partial charge in [0.15, 0.2) is 0 Å². The molecule has 0 rings (SSSR count). The molecule has 1 atom stereocenters. The summed E-state index contributed by atoms with van der Waals surface area (Å²) in [5, 5.41) is 11.6. The molecule has 0 aliphatic heterocycles. The first-order chi connectivity index (χ1) is 8.36. The second kappa shape index (κ2) is 9.08. The minimum atomic E-state index is -0.984. The molecular weight excluding hydrogens is 252 g/mol. The molecule has 0 aliphatic carbocycles. The van der Waals surface area contributed by atoms with Crippen LogP contribution in [0.15, 0.2) is 0 Å². The lowest BCUT2D eigenvalue weighted by molar-refractivity contribution is -0.137. The maximum atomic E-state index is 11.9. The fourth-order valence-corrected chi connectivity index (χ4v) is 2.08. The van der Waals surface area contributed by atoms with Crippen LogP contribution in [-0.2, 0) is 4.79 Å². The van der Waals surface area contributed by atoms with Crippen LogP contribution in [0.5, 0.6) is 0 Å². The molecule has 0 aliphatic rings. The summed E-state index contributed by atoms with van der Waals surface area (Å²) in [6.45, 7) is 6.05. The molecular formula is C12H24N2O3S. The number of amides is 2. The Bertz CT molecular complexity index is 272. The average molecular weight is 276 g/mol. The van der Waals surface area contributed by atoms with Crippen LogP contribution in [0.25, 0.3) is 0 Å². The predicted molar refractivity (Wildman–Crippen MR) is 75.0 cm³/mol. The first-order valence-corrected chi connectivity index (χ1v) is 7.52. The number of carbonyl (C=O) groups is 2. The number of thioether (sulfide) groups is 1. The third-order valence-electron chi connectivity index (χ3n) is 2.32. The molecule has 0 fully saturated rings. The number of urea groups is 1. The lowest BCUT2D eigenvalue weighted by Crippen LogP contribution is -2.47. The molecule has 0 saturated carbocycles. The highest BCUT2D eigenvalue weighted by atomic mass is 32.2. The molecule has 106 valence electrons. The first-order valence-electron chi connectivity index (χ1n) is 6.13. The van der Waals surface area contributed by atoms with Gasteiger partial charge in [0, 0.05) is 12.6 Å². The van der Waals surface area contributed by atoms with Crippen molar-refractivity contribution in [1.82, 2.24) is 10.2 Å². The van der Waals surface area contributed by atoms with Crippen LogP contribution in [0, 0.1) is 5.92 Å². The van der Waals surface area contributed by atoms with Gasteiger partial charge < -0.3 is 15.3 Å². The summed E-state index contributed by atoms with van der Waals surface area (Å²) >= 11 is 1.73. The molecule has 0 spiro atoms. The van der Waals surface area contributed by atoms with Crippen molar-refractivity contribution in [3.63, 3.8) is 0 Å². The Morgan fingerprint density at radius 3 is 2.39 bits per heavy atom. The molecule has 1 unspecified atom stereocenters. The lowest BCUT2D eigenvalue weighted by Gasteiger charge is -2.25. The number of carboxylic acids is 1. The summed E-state index contributed by atoms with van der Waals surface area (Å²) in [6.07, 6.45) is 2.90. The molecule has 0 aromatic carbocycles. The van der Waals surface area contributed by atoms with Gasteiger partial charge in [-0.15, -0.1) is 0 Å². The third-order valence-corrected chi connectivity index (χ3v) is 2.97. The largest absolute Gasteiger partial charge is 0.480 e. The standard InChI is InChI=1S/C12H24N2O3S/c1-9(2)7-14(8-11(15)16)12(17)13-10(3)5-6-18-4/h9-10H,5-8H2,1-4H3,(H,13,17)(H,15,16). The molecule has 0 aromatic rings. The average Bonchev–Trinajstić information content (AvgIpc) is 2.24. The van der Waals surface area contributed by atoms with E-state index in [9.17, 15) is 9.59 Å². The van der Waals surface area contributed by atoms with Crippen LogP contribution in [-0.4, -0.2) is 53.1 Å². The van der Waals surface area contributed by atoms with Gasteiger partial charge in [0.1, 0.15) is 6.54 Å². The Hall–Kier alpha value is -0.910. The van der Waals surface area contributed by atoms with E-state index < -0.39 is 5.97 Å². The van der Waals surface area contributed by atoms with E-state index >= 15 is 0 Å². The van der Waals surface area contributed by atoms with Gasteiger partial charge in [-0.3, -0.25) is 4.79 Å². The molecule has 0 saturated heterocycles.